The molecule has 0 unspecified atom stereocenters. The second-order valence-corrected chi connectivity index (χ2v) is 5.43. The molecule has 20 heavy (non-hydrogen) atoms. The van der Waals surface area contributed by atoms with E-state index in [0.29, 0.717) is 12.3 Å². The minimum atomic E-state index is -0.989. The highest BCUT2D eigenvalue weighted by molar-refractivity contribution is 9.10. The van der Waals surface area contributed by atoms with E-state index in [-0.39, 0.29) is 5.56 Å². The molecule has 0 aliphatic carbocycles. The average molecular weight is 339 g/mol. The lowest BCUT2D eigenvalue weighted by Crippen LogP contribution is -2.12. The summed E-state index contributed by atoms with van der Waals surface area (Å²) in [6, 6.07) is 7.45. The Labute approximate surface area is 125 Å². The van der Waals surface area contributed by atoms with E-state index in [1.54, 1.807) is 0 Å². The largest absolute Gasteiger partial charge is 0.478 e. The fraction of sp³-hybridized carbons (Fsp3) is 0.214. The highest BCUT2D eigenvalue weighted by Crippen LogP contribution is 2.28. The lowest BCUT2D eigenvalue weighted by molar-refractivity contribution is 0.0696. The molecule has 0 aliphatic rings. The van der Waals surface area contributed by atoms with Crippen molar-refractivity contribution in [1.29, 1.82) is 0 Å². The van der Waals surface area contributed by atoms with Gasteiger partial charge in [-0.05, 0) is 24.3 Å². The van der Waals surface area contributed by atoms with Crippen LogP contribution in [-0.2, 0) is 6.54 Å². The molecule has 2 aromatic rings. The number of carboxylic acids is 1. The van der Waals surface area contributed by atoms with Crippen molar-refractivity contribution in [3.63, 3.8) is 0 Å². The van der Waals surface area contributed by atoms with Gasteiger partial charge in [-0.1, -0.05) is 15.9 Å². The van der Waals surface area contributed by atoms with Crippen molar-refractivity contribution in [2.75, 3.05) is 24.3 Å². The van der Waals surface area contributed by atoms with Crippen molar-refractivity contribution in [2.24, 2.45) is 0 Å². The lowest BCUT2D eigenvalue weighted by Gasteiger charge is -2.18. The molecule has 0 aliphatic heterocycles. The maximum absolute atomic E-state index is 10.8. The molecule has 1 aromatic heterocycles. The Morgan fingerprint density at radius 1 is 1.40 bits per heavy atom. The first-order chi connectivity index (χ1) is 9.47. The van der Waals surface area contributed by atoms with Gasteiger partial charge in [-0.2, -0.15) is 0 Å². The minimum Gasteiger partial charge on any atom is -0.478 e. The molecule has 0 fully saturated rings. The zero-order valence-electron chi connectivity index (χ0n) is 11.2. The normalized spacial score (nSPS) is 10.3. The Balaban J connectivity index is 2.13. The van der Waals surface area contributed by atoms with Crippen molar-refractivity contribution in [1.82, 2.24) is 0 Å². The summed E-state index contributed by atoms with van der Waals surface area (Å²) in [7, 11) is 3.92. The summed E-state index contributed by atoms with van der Waals surface area (Å²) in [6.07, 6.45) is 1.24. The van der Waals surface area contributed by atoms with Crippen LogP contribution in [0.3, 0.4) is 0 Å². The molecule has 0 amide bonds. The number of benzene rings is 1. The zero-order valence-corrected chi connectivity index (χ0v) is 12.8. The van der Waals surface area contributed by atoms with Crippen LogP contribution in [0.1, 0.15) is 16.1 Å². The maximum Gasteiger partial charge on any atom is 0.338 e. The predicted molar refractivity (Wildman–Crippen MR) is 81.5 cm³/mol. The number of aromatic carboxylic acids is 1. The van der Waals surface area contributed by atoms with E-state index in [0.717, 1.165) is 15.8 Å². The average Bonchev–Trinajstić information content (AvgIpc) is 2.85. The van der Waals surface area contributed by atoms with Crippen molar-refractivity contribution in [2.45, 2.75) is 6.54 Å². The molecule has 0 saturated carbocycles. The van der Waals surface area contributed by atoms with Crippen molar-refractivity contribution in [3.8, 4) is 0 Å². The number of carboxylic acid groups (broad SMARTS) is 1. The van der Waals surface area contributed by atoms with Crippen molar-refractivity contribution >= 4 is 33.3 Å². The van der Waals surface area contributed by atoms with Crippen LogP contribution in [0, 0.1) is 0 Å². The Morgan fingerprint density at radius 3 is 2.75 bits per heavy atom. The van der Waals surface area contributed by atoms with Crippen LogP contribution >= 0.6 is 15.9 Å². The molecule has 2 N–H and O–H groups in total. The Kier molecular flexibility index (Phi) is 4.34. The van der Waals surface area contributed by atoms with Crippen LogP contribution in [0.4, 0.5) is 11.4 Å². The first-order valence-corrected chi connectivity index (χ1v) is 6.78. The number of nitrogens with one attached hydrogen (secondary N) is 1. The van der Waals surface area contributed by atoms with E-state index in [1.807, 2.05) is 37.2 Å². The van der Waals surface area contributed by atoms with E-state index in [9.17, 15) is 4.79 Å². The van der Waals surface area contributed by atoms with Gasteiger partial charge >= 0.3 is 5.97 Å². The number of hydrogen-bond donors (Lipinski definition) is 2. The minimum absolute atomic E-state index is 0.156. The van der Waals surface area contributed by atoms with Crippen molar-refractivity contribution < 1.29 is 14.3 Å². The number of furan rings is 1. The van der Waals surface area contributed by atoms with E-state index in [2.05, 4.69) is 21.2 Å². The fourth-order valence-corrected chi connectivity index (χ4v) is 2.17. The number of carbonyl (C=O) groups is 1. The lowest BCUT2D eigenvalue weighted by atomic mass is 10.2. The standard InChI is InChI=1S/C14H15BrN2O3/c1-17(2)13-4-3-10(15)6-12(13)16-7-11-5-9(8-20-11)14(18)19/h3-6,8,16H,7H2,1-2H3,(H,18,19). The Morgan fingerprint density at radius 2 is 2.15 bits per heavy atom. The maximum atomic E-state index is 10.8. The molecule has 0 radical (unpaired) electrons. The highest BCUT2D eigenvalue weighted by Gasteiger charge is 2.09. The second kappa shape index (κ2) is 6.00. The predicted octanol–water partition coefficient (Wildman–Crippen LogP) is 3.42. The smallest absolute Gasteiger partial charge is 0.338 e. The molecular formula is C14H15BrN2O3. The van der Waals surface area contributed by atoms with Gasteiger partial charge in [-0.15, -0.1) is 0 Å². The summed E-state index contributed by atoms with van der Waals surface area (Å²) < 4.78 is 6.18. The third-order valence-corrected chi connectivity index (χ3v) is 3.29. The van der Waals surface area contributed by atoms with Crippen molar-refractivity contribution in [3.05, 3.63) is 46.3 Å². The summed E-state index contributed by atoms with van der Waals surface area (Å²) >= 11 is 3.44. The summed E-state index contributed by atoms with van der Waals surface area (Å²) in [5, 5.41) is 12.1. The molecule has 1 aromatic carbocycles. The summed E-state index contributed by atoms with van der Waals surface area (Å²) in [6.45, 7) is 0.421. The van der Waals surface area contributed by atoms with E-state index in [4.69, 9.17) is 9.52 Å². The molecule has 2 rings (SSSR count). The topological polar surface area (TPSA) is 65.7 Å². The van der Waals surface area contributed by atoms with Gasteiger partial charge in [0.15, 0.2) is 0 Å². The van der Waals surface area contributed by atoms with Crippen LogP contribution in [0.2, 0.25) is 0 Å². The summed E-state index contributed by atoms with van der Waals surface area (Å²) in [5.41, 5.74) is 2.14. The summed E-state index contributed by atoms with van der Waals surface area (Å²) in [4.78, 5) is 12.8. The van der Waals surface area contributed by atoms with Gasteiger partial charge in [-0.25, -0.2) is 4.79 Å². The van der Waals surface area contributed by atoms with E-state index in [1.165, 1.54) is 12.3 Å². The van der Waals surface area contributed by atoms with Gasteiger partial charge in [0.25, 0.3) is 0 Å². The van der Waals surface area contributed by atoms with Gasteiger partial charge in [-0.3, -0.25) is 0 Å². The van der Waals surface area contributed by atoms with Crippen LogP contribution in [0.5, 0.6) is 0 Å². The third kappa shape index (κ3) is 3.33. The number of nitrogens with zero attached hydrogens (tertiary/aromatic N) is 1. The molecule has 1 heterocycles. The molecule has 0 bridgehead atoms. The van der Waals surface area contributed by atoms with Crippen LogP contribution in [0.25, 0.3) is 0 Å². The molecule has 6 heteroatoms. The van der Waals surface area contributed by atoms with Gasteiger partial charge in [0.1, 0.15) is 12.0 Å². The Hall–Kier alpha value is -1.95. The molecule has 0 spiro atoms. The number of rotatable bonds is 5. The van der Waals surface area contributed by atoms with Crippen LogP contribution in [0.15, 0.2) is 39.4 Å². The quantitative estimate of drug-likeness (QED) is 0.874. The fourth-order valence-electron chi connectivity index (χ4n) is 1.81. The van der Waals surface area contributed by atoms with E-state index < -0.39 is 5.97 Å². The van der Waals surface area contributed by atoms with Gasteiger partial charge in [0, 0.05) is 18.6 Å². The molecule has 0 saturated heterocycles. The first-order valence-electron chi connectivity index (χ1n) is 5.99. The van der Waals surface area contributed by atoms with E-state index >= 15 is 0 Å². The summed E-state index contributed by atoms with van der Waals surface area (Å²) in [5.74, 6) is -0.413. The van der Waals surface area contributed by atoms with Crippen LogP contribution < -0.4 is 10.2 Å². The van der Waals surface area contributed by atoms with Gasteiger partial charge in [0.2, 0.25) is 0 Å². The SMILES string of the molecule is CN(C)c1ccc(Br)cc1NCc1cc(C(=O)O)co1. The molecule has 5 nitrogen and oxygen atoms in total. The van der Waals surface area contributed by atoms with Crippen LogP contribution in [-0.4, -0.2) is 25.2 Å². The second-order valence-electron chi connectivity index (χ2n) is 4.52. The first kappa shape index (κ1) is 14.5. The zero-order chi connectivity index (χ0) is 14.7. The number of halogens is 1. The van der Waals surface area contributed by atoms with Gasteiger partial charge in [0.05, 0.1) is 23.5 Å². The van der Waals surface area contributed by atoms with Gasteiger partial charge < -0.3 is 19.7 Å². The highest BCUT2D eigenvalue weighted by atomic mass is 79.9. The Bertz CT molecular complexity index is 623. The number of anilines is 2. The molecule has 106 valence electrons. The number of hydrogen-bond acceptors (Lipinski definition) is 4. The molecule has 0 atom stereocenters. The molecular weight excluding hydrogens is 324 g/mol. The third-order valence-electron chi connectivity index (χ3n) is 2.79. The monoisotopic (exact) mass is 338 g/mol.